The van der Waals surface area contributed by atoms with Crippen molar-refractivity contribution >= 4 is 15.7 Å². The molecule has 0 fully saturated rings. The molecule has 0 saturated carbocycles. The molecule has 6 heteroatoms. The number of benzene rings is 2. The topological polar surface area (TPSA) is 72.5 Å². The zero-order chi connectivity index (χ0) is 18.0. The van der Waals surface area contributed by atoms with E-state index in [0.717, 1.165) is 23.3 Å². The monoisotopic (exact) mass is 359 g/mol. The summed E-state index contributed by atoms with van der Waals surface area (Å²) in [7, 11) is -3.26. The number of amides is 1. The van der Waals surface area contributed by atoms with Crippen molar-refractivity contribution < 1.29 is 17.9 Å². The maximum Gasteiger partial charge on any atom is 0.261 e. The van der Waals surface area contributed by atoms with Crippen molar-refractivity contribution in [3.8, 4) is 5.75 Å². The lowest BCUT2D eigenvalue weighted by Gasteiger charge is -2.25. The number of hydrogen-bond donors (Lipinski definition) is 1. The van der Waals surface area contributed by atoms with E-state index in [1.807, 2.05) is 19.1 Å². The van der Waals surface area contributed by atoms with Crippen molar-refractivity contribution in [3.05, 3.63) is 59.2 Å². The van der Waals surface area contributed by atoms with Gasteiger partial charge in [-0.15, -0.1) is 0 Å². The number of fused-ring (bicyclic) bond motifs is 1. The van der Waals surface area contributed by atoms with Crippen molar-refractivity contribution in [1.29, 1.82) is 0 Å². The molecular weight excluding hydrogens is 338 g/mol. The molecule has 1 aliphatic heterocycles. The first-order chi connectivity index (χ1) is 11.8. The Hall–Kier alpha value is -2.34. The Kier molecular flexibility index (Phi) is 4.81. The van der Waals surface area contributed by atoms with Gasteiger partial charge in [0.15, 0.2) is 15.9 Å². The highest BCUT2D eigenvalue weighted by Crippen LogP contribution is 2.28. The Morgan fingerprint density at radius 3 is 2.80 bits per heavy atom. The van der Waals surface area contributed by atoms with Gasteiger partial charge in [0.05, 0.1) is 4.90 Å². The van der Waals surface area contributed by atoms with Crippen molar-refractivity contribution in [2.45, 2.75) is 37.3 Å². The fraction of sp³-hybridized carbons (Fsp3) is 0.316. The van der Waals surface area contributed by atoms with Crippen LogP contribution in [-0.4, -0.2) is 26.7 Å². The van der Waals surface area contributed by atoms with Gasteiger partial charge in [0.1, 0.15) is 5.75 Å². The van der Waals surface area contributed by atoms with E-state index >= 15 is 0 Å². The second kappa shape index (κ2) is 6.88. The van der Waals surface area contributed by atoms with Crippen LogP contribution in [0.5, 0.6) is 5.75 Å². The number of carbonyl (C=O) groups excluding carboxylic acids is 1. The first-order valence-electron chi connectivity index (χ1n) is 8.16. The van der Waals surface area contributed by atoms with Crippen LogP contribution in [0.4, 0.5) is 0 Å². The van der Waals surface area contributed by atoms with Crippen molar-refractivity contribution in [2.75, 3.05) is 6.26 Å². The summed E-state index contributed by atoms with van der Waals surface area (Å²) in [5, 5.41) is 2.83. The molecule has 25 heavy (non-hydrogen) atoms. The SMILES string of the molecule is Cc1ccc2c(c1)CCC(C(=O)NCc1cccc(S(C)(=O)=O)c1)O2. The molecule has 5 nitrogen and oxygen atoms in total. The minimum atomic E-state index is -3.26. The third-order valence-corrected chi connectivity index (χ3v) is 5.36. The van der Waals surface area contributed by atoms with Crippen molar-refractivity contribution in [2.24, 2.45) is 0 Å². The molecule has 2 aromatic rings. The minimum absolute atomic E-state index is 0.184. The molecule has 0 saturated heterocycles. The second-order valence-corrected chi connectivity index (χ2v) is 8.41. The summed E-state index contributed by atoms with van der Waals surface area (Å²) in [6.07, 6.45) is 2.08. The van der Waals surface area contributed by atoms with Gasteiger partial charge in [0, 0.05) is 12.8 Å². The Bertz CT molecular complexity index is 905. The molecule has 1 heterocycles. The van der Waals surface area contributed by atoms with Gasteiger partial charge in [-0.2, -0.15) is 0 Å². The van der Waals surface area contributed by atoms with Crippen LogP contribution in [0, 0.1) is 6.92 Å². The van der Waals surface area contributed by atoms with E-state index in [4.69, 9.17) is 4.74 Å². The molecule has 132 valence electrons. The number of ether oxygens (including phenoxy) is 1. The van der Waals surface area contributed by atoms with Crippen LogP contribution < -0.4 is 10.1 Å². The molecule has 1 amide bonds. The molecule has 0 radical (unpaired) electrons. The zero-order valence-corrected chi connectivity index (χ0v) is 15.1. The number of aryl methyl sites for hydroxylation is 2. The Labute approximate surface area is 147 Å². The highest BCUT2D eigenvalue weighted by atomic mass is 32.2. The Morgan fingerprint density at radius 2 is 2.04 bits per heavy atom. The maximum atomic E-state index is 12.4. The van der Waals surface area contributed by atoms with E-state index in [2.05, 4.69) is 11.4 Å². The van der Waals surface area contributed by atoms with Gasteiger partial charge in [-0.3, -0.25) is 4.79 Å². The van der Waals surface area contributed by atoms with Gasteiger partial charge in [0.25, 0.3) is 5.91 Å². The van der Waals surface area contributed by atoms with Gasteiger partial charge in [-0.1, -0.05) is 29.8 Å². The highest BCUT2D eigenvalue weighted by molar-refractivity contribution is 7.90. The van der Waals surface area contributed by atoms with E-state index in [0.29, 0.717) is 6.42 Å². The van der Waals surface area contributed by atoms with Crippen molar-refractivity contribution in [1.82, 2.24) is 5.32 Å². The van der Waals surface area contributed by atoms with E-state index in [1.54, 1.807) is 24.3 Å². The zero-order valence-electron chi connectivity index (χ0n) is 14.3. The summed E-state index contributed by atoms with van der Waals surface area (Å²) >= 11 is 0. The van der Waals surface area contributed by atoms with E-state index in [9.17, 15) is 13.2 Å². The van der Waals surface area contributed by atoms with Gasteiger partial charge in [-0.25, -0.2) is 8.42 Å². The van der Waals surface area contributed by atoms with Crippen LogP contribution in [0.15, 0.2) is 47.4 Å². The van der Waals surface area contributed by atoms with E-state index < -0.39 is 15.9 Å². The minimum Gasteiger partial charge on any atom is -0.480 e. The largest absolute Gasteiger partial charge is 0.480 e. The molecule has 0 aliphatic carbocycles. The molecular formula is C19H21NO4S. The molecule has 0 spiro atoms. The van der Waals surface area contributed by atoms with Crippen molar-refractivity contribution in [3.63, 3.8) is 0 Å². The van der Waals surface area contributed by atoms with Gasteiger partial charge >= 0.3 is 0 Å². The summed E-state index contributed by atoms with van der Waals surface area (Å²) in [5.74, 6) is 0.576. The highest BCUT2D eigenvalue weighted by Gasteiger charge is 2.25. The Balaban J connectivity index is 1.63. The predicted molar refractivity (Wildman–Crippen MR) is 95.3 cm³/mol. The van der Waals surface area contributed by atoms with Crippen LogP contribution in [0.2, 0.25) is 0 Å². The van der Waals surface area contributed by atoms with Gasteiger partial charge in [0.2, 0.25) is 0 Å². The number of carbonyl (C=O) groups is 1. The van der Waals surface area contributed by atoms with E-state index in [-0.39, 0.29) is 17.3 Å². The molecule has 1 aliphatic rings. The third kappa shape index (κ3) is 4.20. The molecule has 3 rings (SSSR count). The number of sulfone groups is 1. The fourth-order valence-electron chi connectivity index (χ4n) is 2.89. The molecule has 1 unspecified atom stereocenters. The van der Waals surface area contributed by atoms with Gasteiger partial charge in [-0.05, 0) is 49.1 Å². The fourth-order valence-corrected chi connectivity index (χ4v) is 3.58. The third-order valence-electron chi connectivity index (χ3n) is 4.25. The Morgan fingerprint density at radius 1 is 1.24 bits per heavy atom. The number of nitrogens with one attached hydrogen (secondary N) is 1. The normalized spacial score (nSPS) is 16.6. The summed E-state index contributed by atoms with van der Waals surface area (Å²) in [4.78, 5) is 12.6. The average molecular weight is 359 g/mol. The molecule has 2 aromatic carbocycles. The lowest BCUT2D eigenvalue weighted by molar-refractivity contribution is -0.128. The van der Waals surface area contributed by atoms with Crippen LogP contribution in [0.25, 0.3) is 0 Å². The quantitative estimate of drug-likeness (QED) is 0.910. The van der Waals surface area contributed by atoms with E-state index in [1.165, 1.54) is 11.8 Å². The second-order valence-electron chi connectivity index (χ2n) is 6.39. The number of hydrogen-bond acceptors (Lipinski definition) is 4. The lowest BCUT2D eigenvalue weighted by atomic mass is 10.00. The van der Waals surface area contributed by atoms with Crippen LogP contribution >= 0.6 is 0 Å². The van der Waals surface area contributed by atoms with Crippen LogP contribution in [-0.2, 0) is 27.6 Å². The lowest BCUT2D eigenvalue weighted by Crippen LogP contribution is -2.40. The molecule has 0 aromatic heterocycles. The molecule has 1 atom stereocenters. The first-order valence-corrected chi connectivity index (χ1v) is 10.0. The predicted octanol–water partition coefficient (Wildman–Crippen LogP) is 2.41. The summed E-state index contributed by atoms with van der Waals surface area (Å²) in [5.41, 5.74) is 3.05. The molecule has 0 bridgehead atoms. The maximum absolute atomic E-state index is 12.4. The molecule has 1 N–H and O–H groups in total. The summed E-state index contributed by atoms with van der Waals surface area (Å²) in [6, 6.07) is 12.5. The first kappa shape index (κ1) is 17.5. The van der Waals surface area contributed by atoms with Crippen LogP contribution in [0.3, 0.4) is 0 Å². The summed E-state index contributed by atoms with van der Waals surface area (Å²) < 4.78 is 29.0. The number of rotatable bonds is 4. The summed E-state index contributed by atoms with van der Waals surface area (Å²) in [6.45, 7) is 2.30. The van der Waals surface area contributed by atoms with Gasteiger partial charge < -0.3 is 10.1 Å². The smallest absolute Gasteiger partial charge is 0.261 e. The average Bonchev–Trinajstić information content (AvgIpc) is 2.58. The standard InChI is InChI=1S/C19H21NO4S/c1-13-6-8-17-15(10-13)7-9-18(24-17)19(21)20-12-14-4-3-5-16(11-14)25(2,22)23/h3-6,8,10-11,18H,7,9,12H2,1-2H3,(H,20,21). The van der Waals surface area contributed by atoms with Crippen LogP contribution in [0.1, 0.15) is 23.1 Å².